The maximum atomic E-state index is 12.1. The summed E-state index contributed by atoms with van der Waals surface area (Å²) in [5.74, 6) is -0.371. The van der Waals surface area contributed by atoms with Crippen LogP contribution in [-0.4, -0.2) is 20.9 Å². The molecule has 1 aromatic rings. The normalized spacial score (nSPS) is 12.3. The molecule has 0 fully saturated rings. The minimum Gasteiger partial charge on any atom is -0.352 e. The molecule has 3 N–H and O–H groups in total. The summed E-state index contributed by atoms with van der Waals surface area (Å²) in [4.78, 5) is 12.0. The van der Waals surface area contributed by atoms with Crippen LogP contribution >= 0.6 is 11.6 Å². The van der Waals surface area contributed by atoms with E-state index in [1.54, 1.807) is 0 Å². The van der Waals surface area contributed by atoms with Crippen LogP contribution in [0.1, 0.15) is 36.7 Å². The van der Waals surface area contributed by atoms with Gasteiger partial charge in [-0.25, -0.2) is 13.6 Å². The van der Waals surface area contributed by atoms with Crippen LogP contribution in [0.2, 0.25) is 5.02 Å². The second-order valence-corrected chi connectivity index (χ2v) is 7.83. The molecule has 0 saturated carbocycles. The van der Waals surface area contributed by atoms with Gasteiger partial charge in [-0.15, -0.1) is 0 Å². The molecule has 112 valence electrons. The number of sulfonamides is 1. The van der Waals surface area contributed by atoms with E-state index in [1.165, 1.54) is 19.1 Å². The molecule has 0 aliphatic rings. The highest BCUT2D eigenvalue weighted by Gasteiger charge is 2.20. The molecule has 5 nitrogen and oxygen atoms in total. The molecule has 0 aromatic heterocycles. The molecule has 0 unspecified atom stereocenters. The minimum absolute atomic E-state index is 0.0785. The van der Waals surface area contributed by atoms with Gasteiger partial charge < -0.3 is 5.32 Å². The van der Waals surface area contributed by atoms with Gasteiger partial charge in [-0.3, -0.25) is 4.79 Å². The second kappa shape index (κ2) is 5.71. The van der Waals surface area contributed by atoms with Crippen molar-refractivity contribution >= 4 is 27.5 Å². The van der Waals surface area contributed by atoms with Crippen molar-refractivity contribution in [1.29, 1.82) is 0 Å². The third kappa shape index (κ3) is 4.47. The number of primary sulfonamides is 1. The third-order valence-corrected chi connectivity index (χ3v) is 3.91. The van der Waals surface area contributed by atoms with Gasteiger partial charge in [-0.2, -0.15) is 0 Å². The molecule has 1 aromatic carbocycles. The van der Waals surface area contributed by atoms with Crippen LogP contribution in [0.25, 0.3) is 0 Å². The fourth-order valence-electron chi connectivity index (χ4n) is 1.63. The summed E-state index contributed by atoms with van der Waals surface area (Å²) in [6, 6.07) is 2.68. The van der Waals surface area contributed by atoms with E-state index in [0.717, 1.165) is 0 Å². The Morgan fingerprint density at radius 2 is 1.90 bits per heavy atom. The number of hydrogen-bond donors (Lipinski definition) is 2. The first-order chi connectivity index (χ1) is 8.92. The van der Waals surface area contributed by atoms with Crippen molar-refractivity contribution in [1.82, 2.24) is 5.32 Å². The largest absolute Gasteiger partial charge is 0.352 e. The van der Waals surface area contributed by atoms with Gasteiger partial charge >= 0.3 is 0 Å². The Morgan fingerprint density at radius 1 is 1.35 bits per heavy atom. The lowest BCUT2D eigenvalue weighted by Gasteiger charge is -2.19. The number of halogens is 1. The summed E-state index contributed by atoms with van der Waals surface area (Å²) in [6.07, 6.45) is 0. The standard InChI is InChI=1S/C13H19ClN2O3S/c1-8-10(12(17)16-7-13(2,3)4)5-9(14)6-11(8)20(15,18)19/h5-6H,7H2,1-4H3,(H,16,17)(H2,15,18,19). The Hall–Kier alpha value is -1.11. The van der Waals surface area contributed by atoms with E-state index in [9.17, 15) is 13.2 Å². The van der Waals surface area contributed by atoms with Crippen molar-refractivity contribution in [2.75, 3.05) is 6.54 Å². The SMILES string of the molecule is Cc1c(C(=O)NCC(C)(C)C)cc(Cl)cc1S(N)(=O)=O. The first kappa shape index (κ1) is 16.9. The average Bonchev–Trinajstić information content (AvgIpc) is 2.26. The Morgan fingerprint density at radius 3 is 2.35 bits per heavy atom. The Labute approximate surface area is 124 Å². The molecule has 0 spiro atoms. The molecule has 0 heterocycles. The van der Waals surface area contributed by atoms with Gasteiger partial charge in [0.1, 0.15) is 0 Å². The number of nitrogens with two attached hydrogens (primary N) is 1. The van der Waals surface area contributed by atoms with Gasteiger partial charge in [0.05, 0.1) is 4.90 Å². The Balaban J connectivity index is 3.20. The van der Waals surface area contributed by atoms with E-state index in [0.29, 0.717) is 12.1 Å². The van der Waals surface area contributed by atoms with Gasteiger partial charge in [0, 0.05) is 17.1 Å². The van der Waals surface area contributed by atoms with Crippen LogP contribution in [0.3, 0.4) is 0 Å². The lowest BCUT2D eigenvalue weighted by atomic mass is 9.96. The second-order valence-electron chi connectivity index (χ2n) is 5.86. The lowest BCUT2D eigenvalue weighted by Crippen LogP contribution is -2.33. The zero-order valence-corrected chi connectivity index (χ0v) is 13.5. The molecular formula is C13H19ClN2O3S. The Bertz CT molecular complexity index is 634. The quantitative estimate of drug-likeness (QED) is 0.894. The minimum atomic E-state index is -3.92. The Kier molecular flexibility index (Phi) is 4.84. The first-order valence-electron chi connectivity index (χ1n) is 6.03. The molecular weight excluding hydrogens is 300 g/mol. The van der Waals surface area contributed by atoms with Gasteiger partial charge in [0.15, 0.2) is 0 Å². The lowest BCUT2D eigenvalue weighted by molar-refractivity contribution is 0.0938. The number of hydrogen-bond acceptors (Lipinski definition) is 3. The van der Waals surface area contributed by atoms with Crippen molar-refractivity contribution in [3.05, 3.63) is 28.3 Å². The maximum Gasteiger partial charge on any atom is 0.251 e. The van der Waals surface area contributed by atoms with Gasteiger partial charge in [0.2, 0.25) is 10.0 Å². The van der Waals surface area contributed by atoms with Gasteiger partial charge in [0.25, 0.3) is 5.91 Å². The van der Waals surface area contributed by atoms with Crippen LogP contribution in [0.5, 0.6) is 0 Å². The molecule has 0 radical (unpaired) electrons. The number of benzene rings is 1. The maximum absolute atomic E-state index is 12.1. The number of rotatable bonds is 3. The van der Waals surface area contributed by atoms with E-state index >= 15 is 0 Å². The van der Waals surface area contributed by atoms with E-state index in [2.05, 4.69) is 5.32 Å². The highest BCUT2D eigenvalue weighted by Crippen LogP contribution is 2.24. The van der Waals surface area contributed by atoms with Crippen LogP contribution in [0.4, 0.5) is 0 Å². The van der Waals surface area contributed by atoms with E-state index in [1.807, 2.05) is 20.8 Å². The van der Waals surface area contributed by atoms with Crippen molar-refractivity contribution in [3.63, 3.8) is 0 Å². The molecule has 0 aliphatic heterocycles. The van der Waals surface area contributed by atoms with Gasteiger partial charge in [-0.1, -0.05) is 32.4 Å². The van der Waals surface area contributed by atoms with Gasteiger partial charge in [-0.05, 0) is 30.0 Å². The fourth-order valence-corrected chi connectivity index (χ4v) is 2.74. The predicted molar refractivity (Wildman–Crippen MR) is 79.4 cm³/mol. The summed E-state index contributed by atoms with van der Waals surface area (Å²) in [7, 11) is -3.92. The molecule has 0 bridgehead atoms. The topological polar surface area (TPSA) is 89.3 Å². The summed E-state index contributed by atoms with van der Waals surface area (Å²) in [5.41, 5.74) is 0.430. The van der Waals surface area contributed by atoms with E-state index in [-0.39, 0.29) is 26.8 Å². The van der Waals surface area contributed by atoms with Crippen LogP contribution < -0.4 is 10.5 Å². The predicted octanol–water partition coefficient (Wildman–Crippen LogP) is 2.07. The molecule has 1 rings (SSSR count). The molecule has 0 saturated heterocycles. The van der Waals surface area contributed by atoms with Crippen molar-refractivity contribution in [2.45, 2.75) is 32.6 Å². The number of carbonyl (C=O) groups excluding carboxylic acids is 1. The van der Waals surface area contributed by atoms with Crippen LogP contribution in [0, 0.1) is 12.3 Å². The average molecular weight is 319 g/mol. The van der Waals surface area contributed by atoms with E-state index < -0.39 is 10.0 Å². The smallest absolute Gasteiger partial charge is 0.251 e. The van der Waals surface area contributed by atoms with Crippen molar-refractivity contribution < 1.29 is 13.2 Å². The molecule has 20 heavy (non-hydrogen) atoms. The zero-order valence-electron chi connectivity index (χ0n) is 12.0. The van der Waals surface area contributed by atoms with Crippen molar-refractivity contribution in [3.8, 4) is 0 Å². The monoisotopic (exact) mass is 318 g/mol. The van der Waals surface area contributed by atoms with Crippen molar-refractivity contribution in [2.24, 2.45) is 10.6 Å². The van der Waals surface area contributed by atoms with Crippen LogP contribution in [0.15, 0.2) is 17.0 Å². The molecule has 0 aliphatic carbocycles. The zero-order chi connectivity index (χ0) is 15.7. The summed E-state index contributed by atoms with van der Waals surface area (Å²) < 4.78 is 23.0. The molecule has 0 atom stereocenters. The molecule has 7 heteroatoms. The molecule has 1 amide bonds. The summed E-state index contributed by atoms with van der Waals surface area (Å²) >= 11 is 5.86. The van der Waals surface area contributed by atoms with E-state index in [4.69, 9.17) is 16.7 Å². The number of carbonyl (C=O) groups is 1. The number of nitrogens with one attached hydrogen (secondary N) is 1. The summed E-state index contributed by atoms with van der Waals surface area (Å²) in [5, 5.41) is 8.03. The number of amides is 1. The highest BCUT2D eigenvalue weighted by atomic mass is 35.5. The summed E-state index contributed by atoms with van der Waals surface area (Å²) in [6.45, 7) is 7.93. The fraction of sp³-hybridized carbons (Fsp3) is 0.462. The first-order valence-corrected chi connectivity index (χ1v) is 7.95. The highest BCUT2D eigenvalue weighted by molar-refractivity contribution is 7.89. The van der Waals surface area contributed by atoms with Crippen LogP contribution in [-0.2, 0) is 10.0 Å². The third-order valence-electron chi connectivity index (χ3n) is 2.66.